The van der Waals surface area contributed by atoms with Crippen LogP contribution < -0.4 is 38.5 Å². The summed E-state index contributed by atoms with van der Waals surface area (Å²) in [5, 5.41) is 38.3. The Morgan fingerprint density at radius 2 is 1.44 bits per heavy atom. The number of carbonyl (C=O) groups is 4. The summed E-state index contributed by atoms with van der Waals surface area (Å²) in [4.78, 5) is 60.9. The summed E-state index contributed by atoms with van der Waals surface area (Å²) < 4.78 is 24.7. The molecule has 7 rings (SSSR count). The summed E-state index contributed by atoms with van der Waals surface area (Å²) in [5.74, 6) is -1.12. The molecular formula is C49H45Br3LiO12P. The van der Waals surface area contributed by atoms with Crippen molar-refractivity contribution in [1.82, 2.24) is 0 Å². The number of aryl methyl sites for hydroxylation is 3. The number of fused-ring (bicyclic) bond motifs is 2. The number of aliphatic hydroxyl groups excluding tert-OH is 1. The van der Waals surface area contributed by atoms with Crippen LogP contribution in [0.3, 0.4) is 0 Å². The van der Waals surface area contributed by atoms with E-state index in [1.165, 1.54) is 26.0 Å². The number of halogens is 3. The normalized spacial score (nSPS) is 15.9. The standard InChI is InChI=1S/C21H13Br3O5.C16H17O3P.C12H16O4.Li/c1-8-6-11-14(9-4-2-3-5-10(9)21(27)28)12-7-13(22)18(26)16(24)20(12)29-19(11)15(23)17(8)25;1-11-9-12(2)15(13(3)10-11)16(17)20(18,19)14-7-5-4-6-8-14;1-12(2,15)11(14)9-3-5-10(6-4-9)16-8-7-13;/h2-7,11,14,26H,1H3,(H,27,28);4-10H,1-3H3,(H,18,19);3-6,13,15H,7-8H2,1-2H3;/q;;;+1/p-1. The third-order valence-electron chi connectivity index (χ3n) is 10.4. The summed E-state index contributed by atoms with van der Waals surface area (Å²) in [6.45, 7) is 10.2. The Morgan fingerprint density at radius 1 is 0.864 bits per heavy atom. The van der Waals surface area contributed by atoms with Crippen molar-refractivity contribution in [3.63, 3.8) is 0 Å². The van der Waals surface area contributed by atoms with Gasteiger partial charge in [-0.3, -0.25) is 14.4 Å². The number of Topliss-reactive ketones (excluding diaryl/α,β-unsaturated/α-hetero) is 2. The minimum atomic E-state index is -4.32. The number of carboxylic acids is 1. The second-order valence-corrected chi connectivity index (χ2v) is 20.2. The van der Waals surface area contributed by atoms with E-state index in [2.05, 4.69) is 47.8 Å². The van der Waals surface area contributed by atoms with Gasteiger partial charge in [-0.1, -0.05) is 72.3 Å². The van der Waals surface area contributed by atoms with Gasteiger partial charge in [0, 0.05) is 33.8 Å². The Morgan fingerprint density at radius 3 is 2.00 bits per heavy atom. The van der Waals surface area contributed by atoms with Crippen molar-refractivity contribution in [3.05, 3.63) is 172 Å². The zero-order valence-electron chi connectivity index (χ0n) is 37.0. The van der Waals surface area contributed by atoms with E-state index >= 15 is 0 Å². The van der Waals surface area contributed by atoms with E-state index in [1.807, 2.05) is 25.1 Å². The number of carboxylic acid groups (broad SMARTS) is 1. The van der Waals surface area contributed by atoms with Gasteiger partial charge in [0.05, 0.1) is 16.6 Å². The largest absolute Gasteiger partial charge is 1.00 e. The molecule has 0 spiro atoms. The summed E-state index contributed by atoms with van der Waals surface area (Å²) in [7, 11) is -4.32. The molecule has 17 heteroatoms. The topological polar surface area (TPSA) is 208 Å². The number of aromatic carboxylic acids is 1. The Bertz CT molecular complexity index is 2760. The summed E-state index contributed by atoms with van der Waals surface area (Å²) >= 11 is 10.1. The molecule has 4 N–H and O–H groups in total. The first kappa shape index (κ1) is 54.2. The Labute approximate surface area is 419 Å². The number of benzene rings is 5. The molecular weight excluding hydrogens is 1060 g/mol. The number of ether oxygens (including phenoxy) is 2. The molecule has 3 atom stereocenters. The van der Waals surface area contributed by atoms with Crippen LogP contribution in [0.4, 0.5) is 0 Å². The van der Waals surface area contributed by atoms with Gasteiger partial charge in [-0.25, -0.2) is 4.79 Å². The number of phenolic OH excluding ortho intramolecular Hbond substituents is 1. The summed E-state index contributed by atoms with van der Waals surface area (Å²) in [5.41, 5.74) is 2.96. The van der Waals surface area contributed by atoms with Gasteiger partial charge >= 0.3 is 24.8 Å². The number of hydrogen-bond donors (Lipinski definition) is 4. The van der Waals surface area contributed by atoms with E-state index in [0.717, 1.165) is 5.56 Å². The molecule has 1 heterocycles. The fourth-order valence-electron chi connectivity index (χ4n) is 7.41. The van der Waals surface area contributed by atoms with Crippen LogP contribution in [0.5, 0.6) is 17.2 Å². The van der Waals surface area contributed by atoms with E-state index in [0.29, 0.717) is 64.1 Å². The van der Waals surface area contributed by atoms with Crippen molar-refractivity contribution in [2.75, 3.05) is 13.2 Å². The average Bonchev–Trinajstić information content (AvgIpc) is 3.26. The van der Waals surface area contributed by atoms with Gasteiger partial charge in [0.1, 0.15) is 51.5 Å². The van der Waals surface area contributed by atoms with Crippen LogP contribution in [-0.4, -0.2) is 62.3 Å². The molecule has 0 saturated heterocycles. The number of hydrogen-bond acceptors (Lipinski definition) is 11. The molecule has 2 aliphatic rings. The van der Waals surface area contributed by atoms with Crippen LogP contribution >= 0.6 is 55.2 Å². The molecule has 1 aliphatic carbocycles. The van der Waals surface area contributed by atoms with Gasteiger partial charge in [-0.2, -0.15) is 0 Å². The molecule has 1 aliphatic heterocycles. The minimum Gasteiger partial charge on any atom is -0.790 e. The molecule has 5 aromatic rings. The molecule has 0 fully saturated rings. The monoisotopic (exact) mass is 1100 g/mol. The summed E-state index contributed by atoms with van der Waals surface area (Å²) in [6, 6.07) is 26.4. The minimum absolute atomic E-state index is 0. The molecule has 0 radical (unpaired) electrons. The van der Waals surface area contributed by atoms with Crippen LogP contribution in [-0.2, 0) is 9.36 Å². The Balaban J connectivity index is 0.000000227. The third-order valence-corrected chi connectivity index (χ3v) is 14.2. The van der Waals surface area contributed by atoms with Gasteiger partial charge in [-0.05, 0) is 148 Å². The molecule has 0 saturated carbocycles. The molecule has 66 heavy (non-hydrogen) atoms. The number of rotatable bonds is 10. The second-order valence-electron chi connectivity index (χ2n) is 15.7. The molecule has 0 bridgehead atoms. The first-order chi connectivity index (χ1) is 30.5. The van der Waals surface area contributed by atoms with Crippen molar-refractivity contribution in [3.8, 4) is 17.2 Å². The number of carbonyl (C=O) groups excluding carboxylic acids is 3. The smallest absolute Gasteiger partial charge is 0.790 e. The number of ketones is 2. The summed E-state index contributed by atoms with van der Waals surface area (Å²) in [6.07, 6.45) is 1.81. The van der Waals surface area contributed by atoms with Gasteiger partial charge < -0.3 is 39.4 Å². The first-order valence-corrected chi connectivity index (χ1v) is 24.0. The SMILES string of the molecule is CC(C)(O)C(=O)c1ccc(OCCO)cc1.CC1=CC2C(=C(Br)C1=O)Oc1c(cc(Br)c(O)c1Br)C2c1ccccc1C(=O)O.Cc1cc(C)c(C(=O)P(=O)([O-])c2ccccc2)c(C)c1.[Li+]. The predicted octanol–water partition coefficient (Wildman–Crippen LogP) is 6.62. The maximum Gasteiger partial charge on any atom is 1.00 e. The molecule has 0 amide bonds. The van der Waals surface area contributed by atoms with Gasteiger partial charge in [-0.15, -0.1) is 0 Å². The molecule has 3 unspecified atom stereocenters. The second kappa shape index (κ2) is 22.6. The van der Waals surface area contributed by atoms with Gasteiger partial charge in [0.15, 0.2) is 11.6 Å². The number of aromatic hydroxyl groups is 1. The predicted molar refractivity (Wildman–Crippen MR) is 256 cm³/mol. The molecule has 340 valence electrons. The van der Waals surface area contributed by atoms with Crippen molar-refractivity contribution >= 4 is 83.5 Å². The van der Waals surface area contributed by atoms with Gasteiger partial charge in [0.25, 0.3) is 0 Å². The van der Waals surface area contributed by atoms with E-state index in [1.54, 1.807) is 93.6 Å². The first-order valence-electron chi connectivity index (χ1n) is 19.9. The quantitative estimate of drug-likeness (QED) is 0.0661. The third kappa shape index (κ3) is 12.0. The van der Waals surface area contributed by atoms with Crippen molar-refractivity contribution < 1.29 is 77.4 Å². The number of phenols is 1. The number of allylic oxidation sites excluding steroid dienone is 3. The number of aliphatic hydroxyl groups is 2. The van der Waals surface area contributed by atoms with Crippen molar-refractivity contribution in [2.45, 2.75) is 53.1 Å². The molecule has 12 nitrogen and oxygen atoms in total. The molecule has 5 aromatic carbocycles. The maximum absolute atomic E-state index is 12.5. The fraction of sp³-hybridized carbons (Fsp3) is 0.224. The van der Waals surface area contributed by atoms with E-state index in [4.69, 9.17) is 14.6 Å². The van der Waals surface area contributed by atoms with Gasteiger partial charge in [0.2, 0.25) is 5.52 Å². The zero-order chi connectivity index (χ0) is 48.1. The Hall–Kier alpha value is -4.39. The molecule has 0 aromatic heterocycles. The Kier molecular flexibility index (Phi) is 18.6. The maximum atomic E-state index is 12.5. The van der Waals surface area contributed by atoms with Crippen LogP contribution in [0.15, 0.2) is 128 Å². The van der Waals surface area contributed by atoms with E-state index in [9.17, 15) is 44.0 Å². The van der Waals surface area contributed by atoms with Crippen LogP contribution in [0, 0.1) is 26.7 Å². The van der Waals surface area contributed by atoms with Crippen molar-refractivity contribution in [2.24, 2.45) is 5.92 Å². The van der Waals surface area contributed by atoms with Crippen LogP contribution in [0.1, 0.15) is 85.6 Å². The van der Waals surface area contributed by atoms with Crippen LogP contribution in [0.25, 0.3) is 0 Å². The van der Waals surface area contributed by atoms with Crippen molar-refractivity contribution in [1.29, 1.82) is 0 Å². The average molecular weight is 1100 g/mol. The van der Waals surface area contributed by atoms with E-state index in [-0.39, 0.29) is 65.8 Å². The van der Waals surface area contributed by atoms with Crippen LogP contribution in [0.2, 0.25) is 0 Å². The van der Waals surface area contributed by atoms with E-state index < -0.39 is 36.3 Å². The zero-order valence-corrected chi connectivity index (χ0v) is 42.7. The fourth-order valence-corrected chi connectivity index (χ4v) is 10.7.